The standard InChI is InChI=1S/C17H24N4O/c1-3-17(18,4-2)13-19-16(22)15-10-20-21(12-15)11-14-8-6-5-7-9-14/h5-10,12H,3-4,11,13,18H2,1-2H3,(H,19,22). The number of rotatable bonds is 7. The fourth-order valence-electron chi connectivity index (χ4n) is 2.20. The van der Waals surface area contributed by atoms with E-state index in [2.05, 4.69) is 10.4 Å². The van der Waals surface area contributed by atoms with Crippen LogP contribution in [-0.4, -0.2) is 27.8 Å². The van der Waals surface area contributed by atoms with E-state index in [1.165, 1.54) is 0 Å². The van der Waals surface area contributed by atoms with Gasteiger partial charge >= 0.3 is 0 Å². The molecule has 0 bridgehead atoms. The number of carbonyl (C=O) groups is 1. The van der Waals surface area contributed by atoms with Gasteiger partial charge < -0.3 is 11.1 Å². The molecule has 0 spiro atoms. The Bertz CT molecular complexity index is 602. The van der Waals surface area contributed by atoms with Gasteiger partial charge in [0.2, 0.25) is 0 Å². The quantitative estimate of drug-likeness (QED) is 0.823. The maximum Gasteiger partial charge on any atom is 0.254 e. The molecule has 0 aliphatic heterocycles. The zero-order chi connectivity index (χ0) is 16.0. The SMILES string of the molecule is CCC(N)(CC)CNC(=O)c1cnn(Cc2ccccc2)c1. The zero-order valence-corrected chi connectivity index (χ0v) is 13.2. The van der Waals surface area contributed by atoms with Crippen LogP contribution in [0.3, 0.4) is 0 Å². The van der Waals surface area contributed by atoms with Crippen molar-refractivity contribution in [3.63, 3.8) is 0 Å². The third-order valence-corrected chi connectivity index (χ3v) is 4.09. The molecular formula is C17H24N4O. The summed E-state index contributed by atoms with van der Waals surface area (Å²) in [6, 6.07) is 10.0. The Morgan fingerprint density at radius 1 is 1.27 bits per heavy atom. The molecule has 0 unspecified atom stereocenters. The third-order valence-electron chi connectivity index (χ3n) is 4.09. The normalized spacial score (nSPS) is 11.4. The fraction of sp³-hybridized carbons (Fsp3) is 0.412. The van der Waals surface area contributed by atoms with Crippen LogP contribution < -0.4 is 11.1 Å². The Kier molecular flexibility index (Phi) is 5.33. The predicted molar refractivity (Wildman–Crippen MR) is 87.6 cm³/mol. The van der Waals surface area contributed by atoms with Crippen molar-refractivity contribution in [3.8, 4) is 0 Å². The van der Waals surface area contributed by atoms with E-state index in [0.29, 0.717) is 18.7 Å². The van der Waals surface area contributed by atoms with Crippen LogP contribution in [-0.2, 0) is 6.54 Å². The van der Waals surface area contributed by atoms with Crippen LogP contribution in [0.5, 0.6) is 0 Å². The van der Waals surface area contributed by atoms with Gasteiger partial charge in [0.25, 0.3) is 5.91 Å². The molecule has 0 atom stereocenters. The second-order valence-electron chi connectivity index (χ2n) is 5.66. The van der Waals surface area contributed by atoms with Crippen LogP contribution in [0.15, 0.2) is 42.7 Å². The monoisotopic (exact) mass is 300 g/mol. The predicted octanol–water partition coefficient (Wildman–Crippen LogP) is 2.18. The van der Waals surface area contributed by atoms with Gasteiger partial charge in [-0.2, -0.15) is 5.10 Å². The first-order valence-electron chi connectivity index (χ1n) is 7.70. The number of nitrogens with one attached hydrogen (secondary N) is 1. The lowest BCUT2D eigenvalue weighted by molar-refractivity contribution is 0.0942. The van der Waals surface area contributed by atoms with E-state index in [9.17, 15) is 4.79 Å². The van der Waals surface area contributed by atoms with Crippen LogP contribution in [0.2, 0.25) is 0 Å². The van der Waals surface area contributed by atoms with Crippen molar-refractivity contribution in [2.75, 3.05) is 6.54 Å². The minimum Gasteiger partial charge on any atom is -0.350 e. The number of nitrogens with two attached hydrogens (primary N) is 1. The molecule has 1 amide bonds. The number of hydrogen-bond donors (Lipinski definition) is 2. The largest absolute Gasteiger partial charge is 0.350 e. The molecule has 0 saturated heterocycles. The summed E-state index contributed by atoms with van der Waals surface area (Å²) in [5.74, 6) is -0.129. The molecule has 1 aromatic carbocycles. The molecule has 2 rings (SSSR count). The van der Waals surface area contributed by atoms with Crippen molar-refractivity contribution in [1.29, 1.82) is 0 Å². The maximum atomic E-state index is 12.2. The molecule has 0 aliphatic rings. The highest BCUT2D eigenvalue weighted by atomic mass is 16.1. The molecule has 1 aromatic heterocycles. The molecular weight excluding hydrogens is 276 g/mol. The summed E-state index contributed by atoms with van der Waals surface area (Å²) in [7, 11) is 0. The number of benzene rings is 1. The molecule has 0 aliphatic carbocycles. The molecule has 5 heteroatoms. The Hall–Kier alpha value is -2.14. The van der Waals surface area contributed by atoms with Crippen molar-refractivity contribution in [3.05, 3.63) is 53.9 Å². The Morgan fingerprint density at radius 2 is 1.95 bits per heavy atom. The van der Waals surface area contributed by atoms with Crippen molar-refractivity contribution in [2.24, 2.45) is 5.73 Å². The molecule has 22 heavy (non-hydrogen) atoms. The van der Waals surface area contributed by atoms with E-state index in [1.54, 1.807) is 17.1 Å². The Labute approximate surface area is 131 Å². The van der Waals surface area contributed by atoms with Gasteiger partial charge in [0.05, 0.1) is 18.3 Å². The summed E-state index contributed by atoms with van der Waals surface area (Å²) in [6.07, 6.45) is 5.01. The molecule has 0 radical (unpaired) electrons. The highest BCUT2D eigenvalue weighted by Crippen LogP contribution is 2.10. The van der Waals surface area contributed by atoms with Crippen LogP contribution >= 0.6 is 0 Å². The highest BCUT2D eigenvalue weighted by Gasteiger charge is 2.21. The number of aromatic nitrogens is 2. The fourth-order valence-corrected chi connectivity index (χ4v) is 2.20. The van der Waals surface area contributed by atoms with Gasteiger partial charge in [-0.05, 0) is 18.4 Å². The van der Waals surface area contributed by atoms with E-state index in [1.807, 2.05) is 44.2 Å². The minimum absolute atomic E-state index is 0.129. The lowest BCUT2D eigenvalue weighted by atomic mass is 9.94. The second kappa shape index (κ2) is 7.22. The summed E-state index contributed by atoms with van der Waals surface area (Å²) in [5.41, 5.74) is 7.57. The summed E-state index contributed by atoms with van der Waals surface area (Å²) in [5, 5.41) is 7.14. The lowest BCUT2D eigenvalue weighted by Gasteiger charge is -2.26. The van der Waals surface area contributed by atoms with Gasteiger partial charge in [-0.3, -0.25) is 9.48 Å². The summed E-state index contributed by atoms with van der Waals surface area (Å²) >= 11 is 0. The lowest BCUT2D eigenvalue weighted by Crippen LogP contribution is -2.49. The third kappa shape index (κ3) is 4.18. The van der Waals surface area contributed by atoms with Crippen molar-refractivity contribution >= 4 is 5.91 Å². The number of carbonyl (C=O) groups excluding carboxylic acids is 1. The van der Waals surface area contributed by atoms with E-state index < -0.39 is 0 Å². The minimum atomic E-state index is -0.338. The van der Waals surface area contributed by atoms with Gasteiger partial charge in [0.15, 0.2) is 0 Å². The first-order chi connectivity index (χ1) is 10.6. The number of nitrogens with zero attached hydrogens (tertiary/aromatic N) is 2. The Morgan fingerprint density at radius 3 is 2.59 bits per heavy atom. The van der Waals surface area contributed by atoms with Crippen LogP contribution in [0.25, 0.3) is 0 Å². The topological polar surface area (TPSA) is 72.9 Å². The summed E-state index contributed by atoms with van der Waals surface area (Å²) < 4.78 is 1.76. The van der Waals surface area contributed by atoms with Gasteiger partial charge in [-0.25, -0.2) is 0 Å². The van der Waals surface area contributed by atoms with E-state index in [4.69, 9.17) is 5.73 Å². The Balaban J connectivity index is 1.95. The summed E-state index contributed by atoms with van der Waals surface area (Å²) in [6.45, 7) is 5.20. The van der Waals surface area contributed by atoms with Gasteiger partial charge in [-0.1, -0.05) is 44.2 Å². The van der Waals surface area contributed by atoms with Crippen LogP contribution in [0, 0.1) is 0 Å². The average molecular weight is 300 g/mol. The van der Waals surface area contributed by atoms with Crippen molar-refractivity contribution in [2.45, 2.75) is 38.8 Å². The first kappa shape index (κ1) is 16.2. The number of amides is 1. The van der Waals surface area contributed by atoms with Gasteiger partial charge in [-0.15, -0.1) is 0 Å². The maximum absolute atomic E-state index is 12.2. The zero-order valence-electron chi connectivity index (χ0n) is 13.2. The smallest absolute Gasteiger partial charge is 0.254 e. The van der Waals surface area contributed by atoms with E-state index in [0.717, 1.165) is 18.4 Å². The average Bonchev–Trinajstić information content (AvgIpc) is 3.02. The molecule has 2 aromatic rings. The number of hydrogen-bond acceptors (Lipinski definition) is 3. The van der Waals surface area contributed by atoms with Gasteiger partial charge in [0, 0.05) is 18.3 Å². The first-order valence-corrected chi connectivity index (χ1v) is 7.70. The molecule has 118 valence electrons. The molecule has 0 fully saturated rings. The molecule has 3 N–H and O–H groups in total. The molecule has 5 nitrogen and oxygen atoms in total. The second-order valence-corrected chi connectivity index (χ2v) is 5.66. The van der Waals surface area contributed by atoms with E-state index in [-0.39, 0.29) is 11.4 Å². The van der Waals surface area contributed by atoms with Crippen LogP contribution in [0.4, 0.5) is 0 Å². The highest BCUT2D eigenvalue weighted by molar-refractivity contribution is 5.93. The van der Waals surface area contributed by atoms with Crippen LogP contribution in [0.1, 0.15) is 42.6 Å². The van der Waals surface area contributed by atoms with Gasteiger partial charge in [0.1, 0.15) is 0 Å². The molecule has 1 heterocycles. The van der Waals surface area contributed by atoms with E-state index >= 15 is 0 Å². The van der Waals surface area contributed by atoms with Crippen molar-refractivity contribution < 1.29 is 4.79 Å². The summed E-state index contributed by atoms with van der Waals surface area (Å²) in [4.78, 5) is 12.2. The molecule has 0 saturated carbocycles. The van der Waals surface area contributed by atoms with Crippen molar-refractivity contribution in [1.82, 2.24) is 15.1 Å².